The third kappa shape index (κ3) is 6.81. The van der Waals surface area contributed by atoms with E-state index in [9.17, 15) is 9.59 Å². The summed E-state index contributed by atoms with van der Waals surface area (Å²) in [5, 5.41) is 14.2. The van der Waals surface area contributed by atoms with E-state index in [2.05, 4.69) is 10.6 Å². The fourth-order valence-corrected chi connectivity index (χ4v) is 1.24. The Morgan fingerprint density at radius 1 is 1.18 bits per heavy atom. The Kier molecular flexibility index (Phi) is 7.34. The molecule has 17 heavy (non-hydrogen) atoms. The van der Waals surface area contributed by atoms with Crippen LogP contribution in [0.2, 0.25) is 0 Å². The third-order valence-corrected chi connectivity index (χ3v) is 2.81. The first-order chi connectivity index (χ1) is 7.88. The molecule has 2 atom stereocenters. The Labute approximate surface area is 103 Å². The monoisotopic (exact) mass is 244 g/mol. The number of carboxylic acids is 1. The van der Waals surface area contributed by atoms with Gasteiger partial charge in [0.1, 0.15) is 6.04 Å². The molecule has 0 aromatic carbocycles. The Morgan fingerprint density at radius 2 is 1.76 bits per heavy atom. The molecule has 0 rings (SSSR count). The lowest BCUT2D eigenvalue weighted by Crippen LogP contribution is -2.49. The number of urea groups is 1. The molecule has 0 heterocycles. The Morgan fingerprint density at radius 3 is 2.18 bits per heavy atom. The van der Waals surface area contributed by atoms with Gasteiger partial charge in [-0.15, -0.1) is 0 Å². The smallest absolute Gasteiger partial charge is 0.326 e. The number of hydrogen-bond acceptors (Lipinski definition) is 2. The van der Waals surface area contributed by atoms with Crippen molar-refractivity contribution < 1.29 is 14.7 Å². The van der Waals surface area contributed by atoms with Crippen LogP contribution in [0.3, 0.4) is 0 Å². The van der Waals surface area contributed by atoms with Gasteiger partial charge in [0.05, 0.1) is 0 Å². The molecule has 0 bridgehead atoms. The minimum atomic E-state index is -0.981. The fourth-order valence-electron chi connectivity index (χ4n) is 1.24. The number of rotatable bonds is 7. The second kappa shape index (κ2) is 7.92. The van der Waals surface area contributed by atoms with Crippen LogP contribution in [0.4, 0.5) is 4.79 Å². The maximum atomic E-state index is 11.6. The second-order valence-corrected chi connectivity index (χ2v) is 4.68. The zero-order chi connectivity index (χ0) is 13.4. The highest BCUT2D eigenvalue weighted by Crippen LogP contribution is 2.02. The summed E-state index contributed by atoms with van der Waals surface area (Å²) in [7, 11) is 0. The molecule has 3 N–H and O–H groups in total. The number of carbonyl (C=O) groups excluding carboxylic acids is 1. The van der Waals surface area contributed by atoms with E-state index in [1.165, 1.54) is 0 Å². The molecule has 0 saturated carbocycles. The number of amides is 2. The van der Waals surface area contributed by atoms with E-state index < -0.39 is 18.0 Å². The molecule has 0 saturated heterocycles. The molecule has 0 aromatic rings. The van der Waals surface area contributed by atoms with E-state index >= 15 is 0 Å². The predicted octanol–water partition coefficient (Wildman–Crippen LogP) is 1.97. The fraction of sp³-hybridized carbons (Fsp3) is 0.833. The number of carbonyl (C=O) groups is 2. The summed E-state index contributed by atoms with van der Waals surface area (Å²) in [6.07, 6.45) is 2.17. The van der Waals surface area contributed by atoms with Gasteiger partial charge in [-0.2, -0.15) is 0 Å². The molecule has 0 fully saturated rings. The van der Waals surface area contributed by atoms with Crippen molar-refractivity contribution in [1.29, 1.82) is 0 Å². The van der Waals surface area contributed by atoms with Crippen molar-refractivity contribution in [2.24, 2.45) is 5.92 Å². The van der Waals surface area contributed by atoms with E-state index in [1.807, 2.05) is 27.7 Å². The molecule has 100 valence electrons. The van der Waals surface area contributed by atoms with Crippen LogP contribution in [0.5, 0.6) is 0 Å². The van der Waals surface area contributed by atoms with Crippen LogP contribution in [0.25, 0.3) is 0 Å². The zero-order valence-electron chi connectivity index (χ0n) is 11.1. The van der Waals surface area contributed by atoms with Crippen LogP contribution in [-0.4, -0.2) is 29.2 Å². The number of nitrogens with one attached hydrogen (secondary N) is 2. The minimum absolute atomic E-state index is 0.0237. The Balaban J connectivity index is 4.16. The molecular formula is C12H24N2O3. The normalized spacial score (nSPS) is 14.2. The van der Waals surface area contributed by atoms with Gasteiger partial charge in [0.15, 0.2) is 0 Å². The van der Waals surface area contributed by atoms with Gasteiger partial charge in [0.25, 0.3) is 0 Å². The highest BCUT2D eigenvalue weighted by atomic mass is 16.4. The summed E-state index contributed by atoms with van der Waals surface area (Å²) in [6.45, 7) is 7.87. The highest BCUT2D eigenvalue weighted by Gasteiger charge is 2.20. The van der Waals surface area contributed by atoms with E-state index in [0.29, 0.717) is 12.3 Å². The number of hydrogen-bond donors (Lipinski definition) is 3. The molecule has 5 nitrogen and oxygen atoms in total. The topological polar surface area (TPSA) is 78.4 Å². The van der Waals surface area contributed by atoms with Crippen molar-refractivity contribution in [3.05, 3.63) is 0 Å². The van der Waals surface area contributed by atoms with Crippen molar-refractivity contribution in [3.8, 4) is 0 Å². The minimum Gasteiger partial charge on any atom is -0.480 e. The molecule has 0 aliphatic heterocycles. The summed E-state index contributed by atoms with van der Waals surface area (Å²) < 4.78 is 0. The van der Waals surface area contributed by atoms with E-state index in [-0.39, 0.29) is 6.04 Å². The van der Waals surface area contributed by atoms with Gasteiger partial charge in [0.2, 0.25) is 0 Å². The lowest BCUT2D eigenvalue weighted by atomic mass is 10.1. The zero-order valence-corrected chi connectivity index (χ0v) is 11.1. The molecule has 1 unspecified atom stereocenters. The molecule has 2 amide bonds. The third-order valence-electron chi connectivity index (χ3n) is 2.81. The Bertz CT molecular complexity index is 254. The molecule has 5 heteroatoms. The van der Waals surface area contributed by atoms with Crippen LogP contribution in [0, 0.1) is 5.92 Å². The van der Waals surface area contributed by atoms with Gasteiger partial charge in [-0.3, -0.25) is 0 Å². The van der Waals surface area contributed by atoms with Crippen LogP contribution in [0.1, 0.15) is 47.0 Å². The summed E-state index contributed by atoms with van der Waals surface area (Å²) in [4.78, 5) is 22.5. The molecule has 0 radical (unpaired) electrons. The van der Waals surface area contributed by atoms with Gasteiger partial charge >= 0.3 is 12.0 Å². The van der Waals surface area contributed by atoms with Crippen molar-refractivity contribution >= 4 is 12.0 Å². The number of unbranched alkanes of at least 4 members (excludes halogenated alkanes) is 1. The lowest BCUT2D eigenvalue weighted by Gasteiger charge is -2.20. The van der Waals surface area contributed by atoms with E-state index in [0.717, 1.165) is 12.8 Å². The number of carboxylic acid groups (broad SMARTS) is 1. The Hall–Kier alpha value is -1.26. The van der Waals surface area contributed by atoms with Crippen LogP contribution >= 0.6 is 0 Å². The van der Waals surface area contributed by atoms with Crippen molar-refractivity contribution in [2.45, 2.75) is 59.0 Å². The summed E-state index contributed by atoms with van der Waals surface area (Å²) in [5.41, 5.74) is 0. The van der Waals surface area contributed by atoms with Crippen molar-refractivity contribution in [1.82, 2.24) is 10.6 Å². The second-order valence-electron chi connectivity index (χ2n) is 4.68. The molecule has 0 spiro atoms. The average Bonchev–Trinajstić information content (AvgIpc) is 2.23. The molecular weight excluding hydrogens is 220 g/mol. The SMILES string of the molecule is CCCC[C@H](NC(=O)NC(C)C(C)C)C(=O)O. The van der Waals surface area contributed by atoms with Gasteiger partial charge in [-0.05, 0) is 19.3 Å². The van der Waals surface area contributed by atoms with Gasteiger partial charge < -0.3 is 15.7 Å². The van der Waals surface area contributed by atoms with Gasteiger partial charge in [-0.25, -0.2) is 9.59 Å². The maximum Gasteiger partial charge on any atom is 0.326 e. The average molecular weight is 244 g/mol. The molecule has 0 aromatic heterocycles. The molecule has 0 aliphatic rings. The van der Waals surface area contributed by atoms with Crippen LogP contribution in [0.15, 0.2) is 0 Å². The standard InChI is InChI=1S/C12H24N2O3/c1-5-6-7-10(11(15)16)14-12(17)13-9(4)8(2)3/h8-10H,5-7H2,1-4H3,(H,15,16)(H2,13,14,17)/t9?,10-/m0/s1. The van der Waals surface area contributed by atoms with Crippen LogP contribution in [-0.2, 0) is 4.79 Å². The van der Waals surface area contributed by atoms with Gasteiger partial charge in [0, 0.05) is 6.04 Å². The van der Waals surface area contributed by atoms with Crippen LogP contribution < -0.4 is 10.6 Å². The summed E-state index contributed by atoms with van der Waals surface area (Å²) in [5.74, 6) is -0.662. The first kappa shape index (κ1) is 15.7. The number of aliphatic carboxylic acids is 1. The highest BCUT2D eigenvalue weighted by molar-refractivity contribution is 5.82. The lowest BCUT2D eigenvalue weighted by molar-refractivity contribution is -0.139. The van der Waals surface area contributed by atoms with E-state index in [1.54, 1.807) is 0 Å². The molecule has 0 aliphatic carbocycles. The van der Waals surface area contributed by atoms with Crippen molar-refractivity contribution in [2.75, 3.05) is 0 Å². The van der Waals surface area contributed by atoms with E-state index in [4.69, 9.17) is 5.11 Å². The quantitative estimate of drug-likeness (QED) is 0.640. The van der Waals surface area contributed by atoms with Gasteiger partial charge in [-0.1, -0.05) is 33.6 Å². The predicted molar refractivity (Wildman–Crippen MR) is 66.9 cm³/mol. The summed E-state index contributed by atoms with van der Waals surface area (Å²) in [6, 6.07) is -1.18. The largest absolute Gasteiger partial charge is 0.480 e. The maximum absolute atomic E-state index is 11.6. The first-order valence-electron chi connectivity index (χ1n) is 6.18. The summed E-state index contributed by atoms with van der Waals surface area (Å²) >= 11 is 0. The van der Waals surface area contributed by atoms with Crippen molar-refractivity contribution in [3.63, 3.8) is 0 Å². The first-order valence-corrected chi connectivity index (χ1v) is 6.18.